The van der Waals surface area contributed by atoms with Crippen molar-refractivity contribution in [3.63, 3.8) is 0 Å². The summed E-state index contributed by atoms with van der Waals surface area (Å²) in [7, 11) is 1.94. The maximum absolute atomic E-state index is 12.3. The first-order chi connectivity index (χ1) is 8.70. The van der Waals surface area contributed by atoms with Gasteiger partial charge in [-0.15, -0.1) is 11.8 Å². The van der Waals surface area contributed by atoms with Crippen molar-refractivity contribution in [2.75, 3.05) is 19.3 Å². The number of hydrogen-bond acceptors (Lipinski definition) is 4. The van der Waals surface area contributed by atoms with E-state index in [0.29, 0.717) is 16.7 Å². The molecule has 3 nitrogen and oxygen atoms in total. The Morgan fingerprint density at radius 3 is 2.28 bits per heavy atom. The number of Topliss-reactive ketones (excluding diaryl/α,β-unsaturated/α-hetero) is 2. The van der Waals surface area contributed by atoms with E-state index < -0.39 is 0 Å². The predicted octanol–water partition coefficient (Wildman–Crippen LogP) is 2.35. The van der Waals surface area contributed by atoms with Gasteiger partial charge in [-0.25, -0.2) is 0 Å². The van der Waals surface area contributed by atoms with Crippen LogP contribution in [0, 0.1) is 0 Å². The smallest absolute Gasteiger partial charge is 0.200 e. The number of hydrogen-bond donors (Lipinski definition) is 0. The van der Waals surface area contributed by atoms with Gasteiger partial charge in [0.2, 0.25) is 0 Å². The Bertz CT molecular complexity index is 540. The molecule has 4 heteroatoms. The van der Waals surface area contributed by atoms with Crippen molar-refractivity contribution in [2.24, 2.45) is 0 Å². The third kappa shape index (κ3) is 1.60. The molecule has 0 saturated carbocycles. The summed E-state index contributed by atoms with van der Waals surface area (Å²) in [6.45, 7) is 0.905. The molecule has 0 spiro atoms. The van der Waals surface area contributed by atoms with E-state index in [1.807, 2.05) is 11.9 Å². The second-order valence-electron chi connectivity index (χ2n) is 4.51. The monoisotopic (exact) mass is 259 g/mol. The molecule has 1 aliphatic heterocycles. The Morgan fingerprint density at radius 1 is 1.11 bits per heavy atom. The normalized spacial score (nSPS) is 19.5. The van der Waals surface area contributed by atoms with Crippen LogP contribution in [0.4, 0.5) is 0 Å². The Labute approximate surface area is 110 Å². The summed E-state index contributed by atoms with van der Waals surface area (Å²) in [5, 5.41) is 0.840. The molecule has 18 heavy (non-hydrogen) atoms. The summed E-state index contributed by atoms with van der Waals surface area (Å²) in [4.78, 5) is 26.7. The van der Waals surface area contributed by atoms with Gasteiger partial charge < -0.3 is 4.90 Å². The summed E-state index contributed by atoms with van der Waals surface area (Å²) in [5.41, 5.74) is 1.46. The lowest BCUT2D eigenvalue weighted by atomic mass is 10.1. The number of carbonyl (C=O) groups is 2. The van der Waals surface area contributed by atoms with Crippen molar-refractivity contribution in [2.45, 2.75) is 6.42 Å². The molecule has 3 rings (SSSR count). The Balaban J connectivity index is 2.14. The second kappa shape index (κ2) is 4.28. The van der Waals surface area contributed by atoms with Crippen LogP contribution in [0.3, 0.4) is 0 Å². The van der Waals surface area contributed by atoms with Gasteiger partial charge in [0.15, 0.2) is 11.6 Å². The van der Waals surface area contributed by atoms with Gasteiger partial charge in [-0.05, 0) is 6.42 Å². The molecule has 0 bridgehead atoms. The summed E-state index contributed by atoms with van der Waals surface area (Å²) in [6.07, 6.45) is 1.09. The Morgan fingerprint density at radius 2 is 1.72 bits per heavy atom. The molecule has 1 aliphatic carbocycles. The van der Waals surface area contributed by atoms with Crippen molar-refractivity contribution in [3.8, 4) is 0 Å². The highest BCUT2D eigenvalue weighted by atomic mass is 32.2. The van der Waals surface area contributed by atoms with E-state index in [4.69, 9.17) is 0 Å². The van der Waals surface area contributed by atoms with Gasteiger partial charge in [-0.1, -0.05) is 24.3 Å². The van der Waals surface area contributed by atoms with Crippen molar-refractivity contribution in [3.05, 3.63) is 46.0 Å². The second-order valence-corrected chi connectivity index (χ2v) is 5.59. The summed E-state index contributed by atoms with van der Waals surface area (Å²) >= 11 is 1.61. The van der Waals surface area contributed by atoms with Gasteiger partial charge in [-0.3, -0.25) is 9.59 Å². The molecule has 2 aliphatic rings. The van der Waals surface area contributed by atoms with E-state index in [0.717, 1.165) is 23.7 Å². The minimum Gasteiger partial charge on any atom is -0.369 e. The number of benzene rings is 1. The van der Waals surface area contributed by atoms with Crippen LogP contribution >= 0.6 is 11.8 Å². The van der Waals surface area contributed by atoms with Crippen molar-refractivity contribution < 1.29 is 9.59 Å². The molecule has 0 aromatic heterocycles. The molecule has 0 atom stereocenters. The molecule has 1 heterocycles. The van der Waals surface area contributed by atoms with Crippen molar-refractivity contribution in [1.82, 2.24) is 4.90 Å². The third-order valence-corrected chi connectivity index (χ3v) is 4.59. The van der Waals surface area contributed by atoms with Crippen LogP contribution in [0.25, 0.3) is 0 Å². The Kier molecular flexibility index (Phi) is 2.74. The first kappa shape index (κ1) is 11.5. The van der Waals surface area contributed by atoms with Crippen LogP contribution in [-0.2, 0) is 0 Å². The SMILES string of the molecule is CN1CCCSC1=C1C(=O)c2ccccc2C1=O. The van der Waals surface area contributed by atoms with Crippen molar-refractivity contribution >= 4 is 23.3 Å². The van der Waals surface area contributed by atoms with Crippen LogP contribution in [0.2, 0.25) is 0 Å². The van der Waals surface area contributed by atoms with Crippen LogP contribution in [0.15, 0.2) is 34.9 Å². The fourth-order valence-electron chi connectivity index (χ4n) is 2.39. The summed E-state index contributed by atoms with van der Waals surface area (Å²) < 4.78 is 0. The third-order valence-electron chi connectivity index (χ3n) is 3.31. The fraction of sp³-hybridized carbons (Fsp3) is 0.286. The molecule has 0 N–H and O–H groups in total. The zero-order valence-corrected chi connectivity index (χ0v) is 10.9. The number of allylic oxidation sites excluding steroid dienone is 1. The number of ketones is 2. The van der Waals surface area contributed by atoms with Gasteiger partial charge in [0, 0.05) is 30.5 Å². The lowest BCUT2D eigenvalue weighted by Gasteiger charge is -2.27. The first-order valence-electron chi connectivity index (χ1n) is 5.97. The maximum atomic E-state index is 12.3. The minimum absolute atomic E-state index is 0.119. The first-order valence-corrected chi connectivity index (χ1v) is 6.95. The lowest BCUT2D eigenvalue weighted by molar-refractivity contribution is 0.0984. The van der Waals surface area contributed by atoms with Crippen LogP contribution in [0.5, 0.6) is 0 Å². The molecule has 0 unspecified atom stereocenters. The number of rotatable bonds is 0. The average Bonchev–Trinajstić information content (AvgIpc) is 2.64. The molecule has 1 aromatic rings. The van der Waals surface area contributed by atoms with E-state index in [2.05, 4.69) is 0 Å². The van der Waals surface area contributed by atoms with E-state index in [9.17, 15) is 9.59 Å². The largest absolute Gasteiger partial charge is 0.369 e. The molecule has 0 amide bonds. The number of carbonyl (C=O) groups excluding carboxylic acids is 2. The predicted molar refractivity (Wildman–Crippen MR) is 71.8 cm³/mol. The van der Waals surface area contributed by atoms with Crippen LogP contribution < -0.4 is 0 Å². The molecule has 1 saturated heterocycles. The highest BCUT2D eigenvalue weighted by molar-refractivity contribution is 8.03. The van der Waals surface area contributed by atoms with Gasteiger partial charge in [0.25, 0.3) is 0 Å². The maximum Gasteiger partial charge on any atom is 0.200 e. The number of nitrogens with zero attached hydrogens (tertiary/aromatic N) is 1. The van der Waals surface area contributed by atoms with E-state index in [-0.39, 0.29) is 11.6 Å². The van der Waals surface area contributed by atoms with Crippen LogP contribution in [0.1, 0.15) is 27.1 Å². The quantitative estimate of drug-likeness (QED) is 0.529. The summed E-state index contributed by atoms with van der Waals surface area (Å²) in [5.74, 6) is 0.735. The van der Waals surface area contributed by atoms with Crippen LogP contribution in [-0.4, -0.2) is 35.8 Å². The topological polar surface area (TPSA) is 37.4 Å². The molecule has 0 radical (unpaired) electrons. The minimum atomic E-state index is -0.119. The van der Waals surface area contributed by atoms with Gasteiger partial charge >= 0.3 is 0 Å². The molecular formula is C14H13NO2S. The highest BCUT2D eigenvalue weighted by Gasteiger charge is 2.36. The molecular weight excluding hydrogens is 246 g/mol. The van der Waals surface area contributed by atoms with Gasteiger partial charge in [0.05, 0.1) is 5.03 Å². The lowest BCUT2D eigenvalue weighted by Crippen LogP contribution is -2.26. The van der Waals surface area contributed by atoms with Gasteiger partial charge in [-0.2, -0.15) is 0 Å². The summed E-state index contributed by atoms with van der Waals surface area (Å²) in [6, 6.07) is 7.07. The average molecular weight is 259 g/mol. The highest BCUT2D eigenvalue weighted by Crippen LogP contribution is 2.35. The standard InChI is InChI=1S/C14H13NO2S/c1-15-7-4-8-18-14(15)11-12(16)9-5-2-3-6-10(9)13(11)17/h2-3,5-6H,4,7-8H2,1H3. The van der Waals surface area contributed by atoms with E-state index in [1.165, 1.54) is 0 Å². The zero-order chi connectivity index (χ0) is 12.7. The molecule has 1 aromatic carbocycles. The fourth-order valence-corrected chi connectivity index (χ4v) is 3.50. The van der Waals surface area contributed by atoms with Gasteiger partial charge in [0.1, 0.15) is 5.57 Å². The molecule has 92 valence electrons. The van der Waals surface area contributed by atoms with Crippen molar-refractivity contribution in [1.29, 1.82) is 0 Å². The number of fused-ring (bicyclic) bond motifs is 1. The van der Waals surface area contributed by atoms with E-state index in [1.54, 1.807) is 36.0 Å². The molecule has 1 fully saturated rings. The Hall–Kier alpha value is -1.55. The van der Waals surface area contributed by atoms with E-state index >= 15 is 0 Å². The zero-order valence-electron chi connectivity index (χ0n) is 10.1. The number of thioether (sulfide) groups is 1.